The van der Waals surface area contributed by atoms with Gasteiger partial charge in [0.1, 0.15) is 23.3 Å². The molecule has 0 aliphatic carbocycles. The van der Waals surface area contributed by atoms with Crippen LogP contribution in [0.1, 0.15) is 11.4 Å². The Balaban J connectivity index is 2.14. The number of hydrogen-bond donors (Lipinski definition) is 0. The number of rotatable bonds is 3. The van der Waals surface area contributed by atoms with Crippen LogP contribution in [-0.4, -0.2) is 9.55 Å². The molecule has 6 heteroatoms. The summed E-state index contributed by atoms with van der Waals surface area (Å²) in [6, 6.07) is 7.34. The molecule has 0 atom stereocenters. The van der Waals surface area contributed by atoms with Gasteiger partial charge in [-0.15, -0.1) is 11.6 Å². The van der Waals surface area contributed by atoms with Gasteiger partial charge in [-0.1, -0.05) is 0 Å². The third-order valence-corrected chi connectivity index (χ3v) is 3.48. The maximum atomic E-state index is 13.8. The van der Waals surface area contributed by atoms with Gasteiger partial charge in [-0.3, -0.25) is 0 Å². The van der Waals surface area contributed by atoms with Gasteiger partial charge in [-0.2, -0.15) is 0 Å². The highest BCUT2D eigenvalue weighted by Gasteiger charge is 2.13. The van der Waals surface area contributed by atoms with Gasteiger partial charge in [-0.05, 0) is 36.4 Å². The normalized spacial score (nSPS) is 11.2. The number of nitrogens with zero attached hydrogens (tertiary/aromatic N) is 2. The average molecular weight is 311 g/mol. The predicted octanol–water partition coefficient (Wildman–Crippen LogP) is 4.24. The van der Waals surface area contributed by atoms with Gasteiger partial charge in [0, 0.05) is 5.56 Å². The summed E-state index contributed by atoms with van der Waals surface area (Å²) in [6.45, 7) is 0.0333. The van der Waals surface area contributed by atoms with Crippen molar-refractivity contribution in [1.29, 1.82) is 0 Å². The van der Waals surface area contributed by atoms with Crippen LogP contribution in [0.4, 0.5) is 13.2 Å². The van der Waals surface area contributed by atoms with E-state index in [-0.39, 0.29) is 18.0 Å². The van der Waals surface area contributed by atoms with E-state index in [9.17, 15) is 13.2 Å². The van der Waals surface area contributed by atoms with Crippen LogP contribution in [0, 0.1) is 17.5 Å². The molecule has 0 aliphatic rings. The fraction of sp³-hybridized carbons (Fsp3) is 0.133. The van der Waals surface area contributed by atoms with E-state index >= 15 is 0 Å². The first kappa shape index (κ1) is 13.9. The molecule has 0 aliphatic heterocycles. The lowest BCUT2D eigenvalue weighted by Gasteiger charge is -2.09. The van der Waals surface area contributed by atoms with Crippen molar-refractivity contribution in [3.05, 3.63) is 65.2 Å². The number of fused-ring (bicyclic) bond motifs is 1. The van der Waals surface area contributed by atoms with Gasteiger partial charge in [0.2, 0.25) is 0 Å². The van der Waals surface area contributed by atoms with Gasteiger partial charge in [0.05, 0.1) is 23.5 Å². The highest BCUT2D eigenvalue weighted by atomic mass is 35.5. The van der Waals surface area contributed by atoms with Crippen LogP contribution in [0.5, 0.6) is 0 Å². The largest absolute Gasteiger partial charge is 0.322 e. The molecule has 0 spiro atoms. The molecule has 0 fully saturated rings. The molecule has 0 unspecified atom stereocenters. The fourth-order valence-electron chi connectivity index (χ4n) is 2.26. The average Bonchev–Trinajstić information content (AvgIpc) is 2.80. The number of hydrogen-bond acceptors (Lipinski definition) is 1. The Morgan fingerprint density at radius 1 is 1.00 bits per heavy atom. The van der Waals surface area contributed by atoms with E-state index in [1.807, 2.05) is 0 Å². The van der Waals surface area contributed by atoms with Gasteiger partial charge in [0.15, 0.2) is 0 Å². The molecule has 0 amide bonds. The summed E-state index contributed by atoms with van der Waals surface area (Å²) >= 11 is 5.84. The molecule has 1 heterocycles. The lowest BCUT2D eigenvalue weighted by atomic mass is 10.2. The van der Waals surface area contributed by atoms with Crippen LogP contribution in [0.15, 0.2) is 36.4 Å². The van der Waals surface area contributed by atoms with Crippen LogP contribution >= 0.6 is 11.6 Å². The van der Waals surface area contributed by atoms with Crippen molar-refractivity contribution in [3.8, 4) is 0 Å². The van der Waals surface area contributed by atoms with Gasteiger partial charge in [0.25, 0.3) is 0 Å². The Morgan fingerprint density at radius 2 is 1.71 bits per heavy atom. The zero-order valence-electron chi connectivity index (χ0n) is 10.8. The molecule has 21 heavy (non-hydrogen) atoms. The molecule has 0 bridgehead atoms. The smallest absolute Gasteiger partial charge is 0.128 e. The van der Waals surface area contributed by atoms with Crippen molar-refractivity contribution in [2.75, 3.05) is 0 Å². The summed E-state index contributed by atoms with van der Waals surface area (Å²) in [7, 11) is 0. The molecule has 2 aromatic carbocycles. The van der Waals surface area contributed by atoms with Crippen molar-refractivity contribution in [3.63, 3.8) is 0 Å². The number of alkyl halides is 1. The van der Waals surface area contributed by atoms with E-state index in [0.717, 1.165) is 18.2 Å². The summed E-state index contributed by atoms with van der Waals surface area (Å²) in [5.74, 6) is -0.928. The molecular weight excluding hydrogens is 301 g/mol. The Labute approximate surface area is 123 Å². The SMILES string of the molecule is Fc1ccc(F)c(Cn2c(CCl)nc3ccc(F)cc32)c1. The molecule has 2 nitrogen and oxygen atoms in total. The number of imidazole rings is 1. The van der Waals surface area contributed by atoms with E-state index in [1.54, 1.807) is 4.57 Å². The topological polar surface area (TPSA) is 17.8 Å². The van der Waals surface area contributed by atoms with Crippen LogP contribution < -0.4 is 0 Å². The summed E-state index contributed by atoms with van der Waals surface area (Å²) in [4.78, 5) is 4.27. The zero-order valence-corrected chi connectivity index (χ0v) is 11.5. The molecular formula is C15H10ClF3N2. The summed E-state index contributed by atoms with van der Waals surface area (Å²) in [6.07, 6.45) is 0. The third-order valence-electron chi connectivity index (χ3n) is 3.25. The molecule has 0 saturated carbocycles. The third kappa shape index (κ3) is 2.61. The van der Waals surface area contributed by atoms with E-state index in [1.165, 1.54) is 18.2 Å². The molecule has 3 aromatic rings. The first-order valence-corrected chi connectivity index (χ1v) is 6.76. The second kappa shape index (κ2) is 5.41. The lowest BCUT2D eigenvalue weighted by molar-refractivity contribution is 0.576. The van der Waals surface area contributed by atoms with Gasteiger partial charge >= 0.3 is 0 Å². The van der Waals surface area contributed by atoms with Crippen LogP contribution in [-0.2, 0) is 12.4 Å². The summed E-state index contributed by atoms with van der Waals surface area (Å²) < 4.78 is 42.0. The second-order valence-corrected chi connectivity index (χ2v) is 4.88. The maximum Gasteiger partial charge on any atom is 0.128 e. The predicted molar refractivity (Wildman–Crippen MR) is 74.7 cm³/mol. The van der Waals surface area contributed by atoms with E-state index in [2.05, 4.69) is 4.98 Å². The Bertz CT molecular complexity index is 814. The molecule has 3 rings (SSSR count). The molecule has 0 saturated heterocycles. The quantitative estimate of drug-likeness (QED) is 0.662. The minimum atomic E-state index is -0.533. The highest BCUT2D eigenvalue weighted by molar-refractivity contribution is 6.16. The monoisotopic (exact) mass is 310 g/mol. The number of aromatic nitrogens is 2. The van der Waals surface area contributed by atoms with Crippen LogP contribution in [0.25, 0.3) is 11.0 Å². The Kier molecular flexibility index (Phi) is 3.59. The second-order valence-electron chi connectivity index (χ2n) is 4.62. The Morgan fingerprint density at radius 3 is 2.48 bits per heavy atom. The van der Waals surface area contributed by atoms with E-state index in [4.69, 9.17) is 11.6 Å². The van der Waals surface area contributed by atoms with Crippen molar-refractivity contribution < 1.29 is 13.2 Å². The van der Waals surface area contributed by atoms with Gasteiger partial charge in [-0.25, -0.2) is 18.2 Å². The highest BCUT2D eigenvalue weighted by Crippen LogP contribution is 2.21. The van der Waals surface area contributed by atoms with Crippen molar-refractivity contribution >= 4 is 22.6 Å². The summed E-state index contributed by atoms with van der Waals surface area (Å²) in [5, 5.41) is 0. The standard InChI is InChI=1S/C15H10ClF3N2/c16-7-15-20-13-4-2-11(18)6-14(13)21(15)8-9-5-10(17)1-3-12(9)19/h1-6H,7-8H2. The summed E-state index contributed by atoms with van der Waals surface area (Å²) in [5.41, 5.74) is 1.21. The first-order valence-electron chi connectivity index (χ1n) is 6.23. The van der Waals surface area contributed by atoms with Crippen molar-refractivity contribution in [1.82, 2.24) is 9.55 Å². The fourth-order valence-corrected chi connectivity index (χ4v) is 2.46. The number of benzene rings is 2. The number of halogens is 4. The van der Waals surface area contributed by atoms with E-state index in [0.29, 0.717) is 16.9 Å². The van der Waals surface area contributed by atoms with Crippen molar-refractivity contribution in [2.45, 2.75) is 12.4 Å². The lowest BCUT2D eigenvalue weighted by Crippen LogP contribution is -2.06. The molecule has 108 valence electrons. The minimum absolute atomic E-state index is 0.0333. The molecule has 1 aromatic heterocycles. The van der Waals surface area contributed by atoms with Crippen LogP contribution in [0.2, 0.25) is 0 Å². The minimum Gasteiger partial charge on any atom is -0.322 e. The first-order chi connectivity index (χ1) is 10.1. The Hall–Kier alpha value is -2.01. The van der Waals surface area contributed by atoms with Crippen LogP contribution in [0.3, 0.4) is 0 Å². The van der Waals surface area contributed by atoms with Gasteiger partial charge < -0.3 is 4.57 Å². The van der Waals surface area contributed by atoms with Crippen molar-refractivity contribution in [2.24, 2.45) is 0 Å². The van der Waals surface area contributed by atoms with E-state index < -0.39 is 17.5 Å². The zero-order chi connectivity index (χ0) is 15.0. The molecule has 0 radical (unpaired) electrons. The maximum absolute atomic E-state index is 13.8. The molecule has 0 N–H and O–H groups in total.